The van der Waals surface area contributed by atoms with Crippen LogP contribution < -0.4 is 27.4 Å². The number of carbonyl (C=O) groups excluding carboxylic acids is 3. The molecule has 0 aliphatic carbocycles. The van der Waals surface area contributed by atoms with Gasteiger partial charge in [-0.3, -0.25) is 14.4 Å². The Kier molecular flexibility index (Phi) is 14.8. The lowest BCUT2D eigenvalue weighted by Gasteiger charge is -2.32. The number of nitrogens with two attached hydrogens (primary N) is 2. The molecule has 59 heavy (non-hydrogen) atoms. The number of likely N-dealkylation sites (N-methyl/N-ethyl adjacent to an activating group) is 1. The predicted octanol–water partition coefficient (Wildman–Crippen LogP) is 4.95. The van der Waals surface area contributed by atoms with E-state index in [1.54, 1.807) is 43.6 Å². The molecule has 6 rings (SSSR count). The van der Waals surface area contributed by atoms with E-state index in [2.05, 4.69) is 20.9 Å². The van der Waals surface area contributed by atoms with Crippen LogP contribution in [0.4, 0.5) is 0 Å². The van der Waals surface area contributed by atoms with Crippen molar-refractivity contribution in [1.29, 1.82) is 0 Å². The third-order valence-corrected chi connectivity index (χ3v) is 13.3. The maximum absolute atomic E-state index is 14.6. The van der Waals surface area contributed by atoms with Crippen LogP contribution in [0.2, 0.25) is 5.02 Å². The number of unbranched alkanes of at least 4 members (excludes halogenated alkanes) is 1. The van der Waals surface area contributed by atoms with Gasteiger partial charge in [-0.15, -0.1) is 0 Å². The highest BCUT2D eigenvalue weighted by Crippen LogP contribution is 2.40. The van der Waals surface area contributed by atoms with Crippen LogP contribution in [-0.4, -0.2) is 85.5 Å². The number of hydrogen-bond donors (Lipinski definition) is 6. The van der Waals surface area contributed by atoms with E-state index in [0.717, 1.165) is 33.8 Å². The highest BCUT2D eigenvalue weighted by atomic mass is 35.5. The smallest absolute Gasteiger partial charge is 0.245 e. The van der Waals surface area contributed by atoms with Crippen molar-refractivity contribution in [2.45, 2.75) is 84.6 Å². The van der Waals surface area contributed by atoms with Crippen LogP contribution in [-0.2, 0) is 43.7 Å². The molecule has 1 aliphatic heterocycles. The third kappa shape index (κ3) is 10.9. The lowest BCUT2D eigenvalue weighted by atomic mass is 10.0. The molecule has 8 N–H and O–H groups in total. The summed E-state index contributed by atoms with van der Waals surface area (Å²) in [7, 11) is -1.81. The highest BCUT2D eigenvalue weighted by molar-refractivity contribution is 7.99. The molecule has 312 valence electrons. The molecule has 0 fully saturated rings. The number of carbonyl (C=O) groups is 3. The molecular formula is C43H51ClN8O5S2. The monoisotopic (exact) mass is 858 g/mol. The standard InChI is InChI=1S/C43H51ClN8O5S2/c1-52-38(23-30-25-48-35-11-4-3-10-33(30)35)41(54)50-26-31-21-29(27-14-16-32(17-15-27)59(2,56)57)22-34(44)39(31)58-42-28(9-8-20-47-42)24-49-36(13-7-19-46)40(53)51-37(43(52)55)12-5-6-18-45/h3-4,8-11,14-17,20-22,25,36-38,48-49H,5-7,12-13,18-19,23-24,26,45-46H2,1-2H3,(H,50,54)(H,51,53)/t36-,37-,38-/m0/s1. The molecule has 2 aromatic heterocycles. The molecule has 3 atom stereocenters. The van der Waals surface area contributed by atoms with Gasteiger partial charge in [0.1, 0.15) is 17.1 Å². The number of H-pyrrole nitrogens is 1. The minimum atomic E-state index is -3.41. The van der Waals surface area contributed by atoms with E-state index in [1.165, 1.54) is 16.7 Å². The Bertz CT molecular complexity index is 2390. The summed E-state index contributed by atoms with van der Waals surface area (Å²) in [5, 5.41) is 11.5. The van der Waals surface area contributed by atoms with E-state index in [9.17, 15) is 22.8 Å². The number of para-hydroxylation sites is 1. The van der Waals surface area contributed by atoms with Crippen molar-refractivity contribution in [1.82, 2.24) is 30.8 Å². The first kappa shape index (κ1) is 43.8. The topological polar surface area (TPSA) is 205 Å². The molecule has 3 aromatic carbocycles. The first-order chi connectivity index (χ1) is 28.4. The van der Waals surface area contributed by atoms with Crippen LogP contribution in [0.15, 0.2) is 100 Å². The summed E-state index contributed by atoms with van der Waals surface area (Å²) in [5.74, 6) is -1.15. The average Bonchev–Trinajstić information content (AvgIpc) is 3.64. The lowest BCUT2D eigenvalue weighted by Crippen LogP contribution is -2.57. The van der Waals surface area contributed by atoms with E-state index in [4.69, 9.17) is 28.1 Å². The molecule has 5 aromatic rings. The van der Waals surface area contributed by atoms with Crippen LogP contribution in [0.3, 0.4) is 0 Å². The molecule has 0 radical (unpaired) electrons. The number of nitrogens with zero attached hydrogens (tertiary/aromatic N) is 2. The van der Waals surface area contributed by atoms with Crippen molar-refractivity contribution >= 4 is 61.8 Å². The number of rotatable bonds is 11. The number of aromatic amines is 1. The second kappa shape index (κ2) is 20.0. The minimum Gasteiger partial charge on any atom is -0.361 e. The number of hydrogen-bond acceptors (Lipinski definition) is 10. The van der Waals surface area contributed by atoms with Crippen molar-refractivity contribution in [3.63, 3.8) is 0 Å². The first-order valence-electron chi connectivity index (χ1n) is 19.7. The fourth-order valence-corrected chi connectivity index (χ4v) is 9.20. The van der Waals surface area contributed by atoms with Crippen molar-refractivity contribution in [2.24, 2.45) is 11.5 Å². The van der Waals surface area contributed by atoms with Gasteiger partial charge in [-0.1, -0.05) is 59.8 Å². The second-order valence-corrected chi connectivity index (χ2v) is 18.2. The Morgan fingerprint density at radius 2 is 1.61 bits per heavy atom. The first-order valence-corrected chi connectivity index (χ1v) is 22.7. The Balaban J connectivity index is 1.45. The number of pyridine rings is 1. The Morgan fingerprint density at radius 1 is 0.864 bits per heavy atom. The molecule has 16 heteroatoms. The molecule has 0 spiro atoms. The zero-order valence-electron chi connectivity index (χ0n) is 33.2. The number of aromatic nitrogens is 2. The average molecular weight is 860 g/mol. The molecule has 0 unspecified atom stereocenters. The summed E-state index contributed by atoms with van der Waals surface area (Å²) in [6, 6.07) is 19.2. The summed E-state index contributed by atoms with van der Waals surface area (Å²) >= 11 is 8.46. The summed E-state index contributed by atoms with van der Waals surface area (Å²) in [6.07, 6.45) is 7.46. The van der Waals surface area contributed by atoms with Gasteiger partial charge in [0.05, 0.1) is 16.0 Å². The maximum Gasteiger partial charge on any atom is 0.245 e. The van der Waals surface area contributed by atoms with Crippen molar-refractivity contribution in [3.05, 3.63) is 107 Å². The van der Waals surface area contributed by atoms with Crippen molar-refractivity contribution in [2.75, 3.05) is 26.4 Å². The molecule has 0 saturated carbocycles. The lowest BCUT2D eigenvalue weighted by molar-refractivity contribution is -0.142. The van der Waals surface area contributed by atoms with E-state index < -0.39 is 39.8 Å². The van der Waals surface area contributed by atoms with Gasteiger partial charge >= 0.3 is 0 Å². The van der Waals surface area contributed by atoms with E-state index in [1.807, 2.05) is 48.7 Å². The fraction of sp³-hybridized carbons (Fsp3) is 0.349. The zero-order chi connectivity index (χ0) is 42.1. The van der Waals surface area contributed by atoms with Crippen LogP contribution in [0, 0.1) is 0 Å². The van der Waals surface area contributed by atoms with Crippen LogP contribution in [0.5, 0.6) is 0 Å². The number of amides is 3. The second-order valence-electron chi connectivity index (χ2n) is 14.8. The quantitative estimate of drug-likeness (QED) is 0.0987. The van der Waals surface area contributed by atoms with Gasteiger partial charge in [-0.25, -0.2) is 13.4 Å². The summed E-state index contributed by atoms with van der Waals surface area (Å²) in [4.78, 5) is 53.5. The van der Waals surface area contributed by atoms with Crippen LogP contribution >= 0.6 is 23.4 Å². The Morgan fingerprint density at radius 3 is 2.36 bits per heavy atom. The van der Waals surface area contributed by atoms with E-state index >= 15 is 0 Å². The zero-order valence-corrected chi connectivity index (χ0v) is 35.6. The number of nitrogens with one attached hydrogen (secondary N) is 4. The van der Waals surface area contributed by atoms with Crippen molar-refractivity contribution in [3.8, 4) is 11.1 Å². The maximum atomic E-state index is 14.6. The van der Waals surface area contributed by atoms with Gasteiger partial charge in [0, 0.05) is 61.0 Å². The Hall–Kier alpha value is -4.77. The molecule has 13 nitrogen and oxygen atoms in total. The summed E-state index contributed by atoms with van der Waals surface area (Å²) in [5.41, 5.74) is 16.4. The molecular weight excluding hydrogens is 808 g/mol. The van der Waals surface area contributed by atoms with Gasteiger partial charge in [0.15, 0.2) is 9.84 Å². The van der Waals surface area contributed by atoms with Gasteiger partial charge in [0.25, 0.3) is 0 Å². The summed E-state index contributed by atoms with van der Waals surface area (Å²) in [6.45, 7) is 1.14. The number of halogens is 1. The van der Waals surface area contributed by atoms with E-state index in [0.29, 0.717) is 71.3 Å². The van der Waals surface area contributed by atoms with Crippen LogP contribution in [0.25, 0.3) is 22.0 Å². The molecule has 0 bridgehead atoms. The van der Waals surface area contributed by atoms with Gasteiger partial charge in [-0.05, 0) is 109 Å². The SMILES string of the molecule is CN1C(=O)[C@H](CCCCN)NC(=O)[C@H](CCCN)NCc2cccnc2Sc2c(Cl)cc(-c3ccc(S(C)(=O)=O)cc3)cc2CNC(=O)[C@@H]1Cc1c[nH]c2ccccc12. The fourth-order valence-electron chi connectivity index (χ4n) is 7.22. The minimum absolute atomic E-state index is 0.0425. The third-order valence-electron chi connectivity index (χ3n) is 10.6. The Labute approximate surface area is 354 Å². The van der Waals surface area contributed by atoms with Gasteiger partial charge < -0.3 is 37.3 Å². The molecule has 1 aliphatic rings. The molecule has 3 heterocycles. The van der Waals surface area contributed by atoms with Crippen LogP contribution in [0.1, 0.15) is 48.8 Å². The van der Waals surface area contributed by atoms with Crippen molar-refractivity contribution < 1.29 is 22.8 Å². The highest BCUT2D eigenvalue weighted by Gasteiger charge is 2.34. The molecule has 3 amide bonds. The normalized spacial score (nSPS) is 18.5. The number of fused-ring (bicyclic) bond motifs is 3. The van der Waals surface area contributed by atoms with Gasteiger partial charge in [-0.2, -0.15) is 0 Å². The van der Waals surface area contributed by atoms with E-state index in [-0.39, 0.29) is 30.3 Å². The number of sulfone groups is 1. The number of benzene rings is 3. The van der Waals surface area contributed by atoms with Gasteiger partial charge in [0.2, 0.25) is 17.7 Å². The summed E-state index contributed by atoms with van der Waals surface area (Å²) < 4.78 is 24.4. The predicted molar refractivity (Wildman–Crippen MR) is 233 cm³/mol. The largest absolute Gasteiger partial charge is 0.361 e. The molecule has 0 saturated heterocycles.